The van der Waals surface area contributed by atoms with E-state index in [1.165, 1.54) is 41.9 Å². The highest BCUT2D eigenvalue weighted by Crippen LogP contribution is 2.17. The van der Waals surface area contributed by atoms with Crippen LogP contribution in [0.4, 0.5) is 0 Å². The molecule has 1 atom stereocenters. The largest absolute Gasteiger partial charge is 0.311 e. The summed E-state index contributed by atoms with van der Waals surface area (Å²) in [5.74, 6) is 0. The van der Waals surface area contributed by atoms with E-state index in [-0.39, 0.29) is 0 Å². The molecule has 0 fully saturated rings. The molecule has 0 aromatic carbocycles. The highest BCUT2D eigenvalue weighted by atomic mass is 32.1. The Kier molecular flexibility index (Phi) is 6.83. The lowest BCUT2D eigenvalue weighted by Gasteiger charge is -2.22. The van der Waals surface area contributed by atoms with Crippen LogP contribution in [0.15, 0.2) is 12.1 Å². The number of hydrogen-bond acceptors (Lipinski definition) is 2. The van der Waals surface area contributed by atoms with E-state index >= 15 is 0 Å². The Morgan fingerprint density at radius 2 is 1.82 bits per heavy atom. The maximum atomic E-state index is 3.78. The minimum atomic E-state index is 0.594. The van der Waals surface area contributed by atoms with Gasteiger partial charge in [0.25, 0.3) is 0 Å². The van der Waals surface area contributed by atoms with Crippen molar-refractivity contribution in [1.82, 2.24) is 5.32 Å². The highest BCUT2D eigenvalue weighted by Gasteiger charge is 2.11. The summed E-state index contributed by atoms with van der Waals surface area (Å²) in [7, 11) is 0. The van der Waals surface area contributed by atoms with Crippen LogP contribution in [0.2, 0.25) is 0 Å². The smallest absolute Gasteiger partial charge is 0.00896 e. The van der Waals surface area contributed by atoms with Crippen molar-refractivity contribution in [2.75, 3.05) is 0 Å². The number of aryl methyl sites for hydroxylation is 1. The van der Waals surface area contributed by atoms with E-state index in [4.69, 9.17) is 0 Å². The molecule has 1 unspecified atom stereocenters. The van der Waals surface area contributed by atoms with Crippen molar-refractivity contribution in [3.8, 4) is 0 Å². The maximum absolute atomic E-state index is 3.78. The van der Waals surface area contributed by atoms with Crippen LogP contribution in [0.3, 0.4) is 0 Å². The Balaban J connectivity index is 2.38. The molecule has 1 nitrogen and oxygen atoms in total. The van der Waals surface area contributed by atoms with Crippen molar-refractivity contribution in [2.45, 2.75) is 71.9 Å². The lowest BCUT2D eigenvalue weighted by molar-refractivity contribution is 0.396. The van der Waals surface area contributed by atoms with Crippen molar-refractivity contribution in [1.29, 1.82) is 0 Å². The first kappa shape index (κ1) is 14.7. The van der Waals surface area contributed by atoms with Gasteiger partial charge in [0, 0.05) is 21.8 Å². The summed E-state index contributed by atoms with van der Waals surface area (Å²) in [6.07, 6.45) is 6.34. The predicted molar refractivity (Wildman–Crippen MR) is 79.0 cm³/mol. The Hall–Kier alpha value is -0.340. The van der Waals surface area contributed by atoms with E-state index < -0.39 is 0 Å². The zero-order valence-corrected chi connectivity index (χ0v) is 12.6. The molecule has 0 saturated carbocycles. The molecule has 1 aromatic heterocycles. The number of nitrogens with one attached hydrogen (secondary N) is 1. The van der Waals surface area contributed by atoms with Crippen molar-refractivity contribution >= 4 is 11.3 Å². The molecule has 0 radical (unpaired) electrons. The molecule has 0 saturated heterocycles. The summed E-state index contributed by atoms with van der Waals surface area (Å²) < 4.78 is 0. The van der Waals surface area contributed by atoms with Crippen LogP contribution in [-0.4, -0.2) is 12.1 Å². The summed E-state index contributed by atoms with van der Waals surface area (Å²) in [5, 5.41) is 3.78. The van der Waals surface area contributed by atoms with E-state index in [1.54, 1.807) is 0 Å². The summed E-state index contributed by atoms with van der Waals surface area (Å²) in [5.41, 5.74) is 0. The molecule has 1 heterocycles. The fourth-order valence-corrected chi connectivity index (χ4v) is 3.38. The Morgan fingerprint density at radius 3 is 2.29 bits per heavy atom. The van der Waals surface area contributed by atoms with Crippen molar-refractivity contribution in [2.24, 2.45) is 0 Å². The van der Waals surface area contributed by atoms with Gasteiger partial charge >= 0.3 is 0 Å². The molecule has 0 aliphatic carbocycles. The third kappa shape index (κ3) is 5.69. The van der Waals surface area contributed by atoms with Gasteiger partial charge in [-0.3, -0.25) is 0 Å². The van der Waals surface area contributed by atoms with E-state index in [0.29, 0.717) is 12.1 Å². The molecular formula is C15H27NS. The van der Waals surface area contributed by atoms with Gasteiger partial charge in [0.1, 0.15) is 0 Å². The van der Waals surface area contributed by atoms with E-state index in [9.17, 15) is 0 Å². The first-order valence-electron chi connectivity index (χ1n) is 6.97. The minimum Gasteiger partial charge on any atom is -0.311 e. The summed E-state index contributed by atoms with van der Waals surface area (Å²) >= 11 is 1.93. The zero-order valence-electron chi connectivity index (χ0n) is 11.8. The minimum absolute atomic E-state index is 0.594. The van der Waals surface area contributed by atoms with E-state index in [0.717, 1.165) is 0 Å². The second kappa shape index (κ2) is 7.88. The molecule has 0 bridgehead atoms. The zero-order chi connectivity index (χ0) is 12.7. The van der Waals surface area contributed by atoms with Gasteiger partial charge in [0.2, 0.25) is 0 Å². The van der Waals surface area contributed by atoms with Gasteiger partial charge in [-0.1, -0.05) is 26.7 Å². The Labute approximate surface area is 111 Å². The Bertz CT molecular complexity index is 300. The second-order valence-corrected chi connectivity index (χ2v) is 6.43. The average Bonchev–Trinajstić information content (AvgIpc) is 2.64. The average molecular weight is 253 g/mol. The molecule has 17 heavy (non-hydrogen) atoms. The van der Waals surface area contributed by atoms with Gasteiger partial charge in [-0.2, -0.15) is 0 Å². The molecule has 0 aliphatic rings. The van der Waals surface area contributed by atoms with Crippen LogP contribution >= 0.6 is 11.3 Å². The first-order valence-corrected chi connectivity index (χ1v) is 7.78. The normalized spacial score (nSPS) is 13.2. The van der Waals surface area contributed by atoms with Gasteiger partial charge in [0.15, 0.2) is 0 Å². The Morgan fingerprint density at radius 1 is 1.18 bits per heavy atom. The molecule has 1 aromatic rings. The van der Waals surface area contributed by atoms with E-state index in [2.05, 4.69) is 45.1 Å². The maximum Gasteiger partial charge on any atom is 0.00896 e. The third-order valence-corrected chi connectivity index (χ3v) is 4.12. The van der Waals surface area contributed by atoms with Crippen LogP contribution < -0.4 is 5.32 Å². The second-order valence-electron chi connectivity index (χ2n) is 5.06. The predicted octanol–water partition coefficient (Wildman–Crippen LogP) is 4.55. The van der Waals surface area contributed by atoms with Crippen molar-refractivity contribution in [3.63, 3.8) is 0 Å². The molecule has 98 valence electrons. The molecular weight excluding hydrogens is 226 g/mol. The molecule has 0 spiro atoms. The topological polar surface area (TPSA) is 12.0 Å². The lowest BCUT2D eigenvalue weighted by atomic mass is 10.0. The summed E-state index contributed by atoms with van der Waals surface area (Å²) in [6.45, 7) is 9.05. The third-order valence-electron chi connectivity index (χ3n) is 3.10. The van der Waals surface area contributed by atoms with Gasteiger partial charge in [0.05, 0.1) is 0 Å². The first-order chi connectivity index (χ1) is 8.15. The number of hydrogen-bond donors (Lipinski definition) is 1. The van der Waals surface area contributed by atoms with Gasteiger partial charge in [-0.05, 0) is 45.2 Å². The molecule has 1 rings (SSSR count). The van der Waals surface area contributed by atoms with Crippen LogP contribution in [0.1, 0.15) is 56.2 Å². The van der Waals surface area contributed by atoms with Crippen LogP contribution in [0.5, 0.6) is 0 Å². The van der Waals surface area contributed by atoms with Crippen molar-refractivity contribution in [3.05, 3.63) is 21.9 Å². The van der Waals surface area contributed by atoms with Crippen LogP contribution in [-0.2, 0) is 6.42 Å². The molecule has 0 aliphatic heterocycles. The van der Waals surface area contributed by atoms with Crippen LogP contribution in [0, 0.1) is 6.92 Å². The highest BCUT2D eigenvalue weighted by molar-refractivity contribution is 7.11. The number of thiophene rings is 1. The van der Waals surface area contributed by atoms with Crippen LogP contribution in [0.25, 0.3) is 0 Å². The molecule has 0 amide bonds. The molecule has 1 N–H and O–H groups in total. The summed E-state index contributed by atoms with van der Waals surface area (Å²) in [4.78, 5) is 2.93. The van der Waals surface area contributed by atoms with Gasteiger partial charge in [-0.15, -0.1) is 11.3 Å². The fourth-order valence-electron chi connectivity index (χ4n) is 2.37. The lowest BCUT2D eigenvalue weighted by Crippen LogP contribution is -2.37. The van der Waals surface area contributed by atoms with Gasteiger partial charge in [-0.25, -0.2) is 0 Å². The molecule has 2 heteroatoms. The SMILES string of the molecule is CCCC(CCC)NC(C)Cc1ccc(C)s1. The van der Waals surface area contributed by atoms with Crippen molar-refractivity contribution < 1.29 is 0 Å². The quantitative estimate of drug-likeness (QED) is 0.717. The van der Waals surface area contributed by atoms with E-state index in [1.807, 2.05) is 11.3 Å². The fraction of sp³-hybridized carbons (Fsp3) is 0.733. The number of rotatable bonds is 8. The summed E-state index contributed by atoms with van der Waals surface area (Å²) in [6, 6.07) is 5.80. The van der Waals surface area contributed by atoms with Gasteiger partial charge < -0.3 is 5.32 Å². The standard InChI is InChI=1S/C15H27NS/c1-5-7-14(8-6-2)16-12(3)11-15-10-9-13(4)17-15/h9-10,12,14,16H,5-8,11H2,1-4H3. The monoisotopic (exact) mass is 253 g/mol.